The van der Waals surface area contributed by atoms with Gasteiger partial charge < -0.3 is 0 Å². The first-order valence-electron chi connectivity index (χ1n) is 5.16. The Balaban J connectivity index is 2.51. The van der Waals surface area contributed by atoms with Crippen LogP contribution in [0.1, 0.15) is 5.56 Å². The highest BCUT2D eigenvalue weighted by Crippen LogP contribution is 2.24. The molecule has 0 fully saturated rings. The standard InChI is InChI=1S/C13H8BrNOS/c14-7-8-3-4-11-10(6-8)12(16)9-2-1-5-15-13(9)17-11/h1-6H,7H2. The molecule has 0 atom stereocenters. The molecule has 2 nitrogen and oxygen atoms in total. The van der Waals surface area contributed by atoms with Gasteiger partial charge in [-0.25, -0.2) is 4.98 Å². The Bertz CT molecular complexity index is 766. The van der Waals surface area contributed by atoms with Crippen molar-refractivity contribution in [1.82, 2.24) is 4.98 Å². The van der Waals surface area contributed by atoms with Crippen LogP contribution < -0.4 is 5.43 Å². The van der Waals surface area contributed by atoms with Gasteiger partial charge in [0, 0.05) is 21.6 Å². The van der Waals surface area contributed by atoms with Gasteiger partial charge in [-0.2, -0.15) is 0 Å². The van der Waals surface area contributed by atoms with Crippen molar-refractivity contribution in [2.24, 2.45) is 0 Å². The van der Waals surface area contributed by atoms with Crippen LogP contribution in [-0.2, 0) is 5.33 Å². The lowest BCUT2D eigenvalue weighted by atomic mass is 10.1. The highest BCUT2D eigenvalue weighted by molar-refractivity contribution is 9.08. The summed E-state index contributed by atoms with van der Waals surface area (Å²) in [5.74, 6) is 0. The van der Waals surface area contributed by atoms with Gasteiger partial charge in [0.1, 0.15) is 4.83 Å². The van der Waals surface area contributed by atoms with E-state index in [4.69, 9.17) is 0 Å². The van der Waals surface area contributed by atoms with Gasteiger partial charge in [-0.15, -0.1) is 11.3 Å². The van der Waals surface area contributed by atoms with Crippen LogP contribution in [0.15, 0.2) is 41.3 Å². The number of alkyl halides is 1. The van der Waals surface area contributed by atoms with Crippen molar-refractivity contribution in [2.75, 3.05) is 0 Å². The zero-order valence-corrected chi connectivity index (χ0v) is 11.2. The molecule has 1 aromatic carbocycles. The molecule has 0 amide bonds. The number of fused-ring (bicyclic) bond motifs is 2. The van der Waals surface area contributed by atoms with Crippen molar-refractivity contribution < 1.29 is 0 Å². The number of nitrogens with zero attached hydrogens (tertiary/aromatic N) is 1. The first-order valence-corrected chi connectivity index (χ1v) is 7.10. The van der Waals surface area contributed by atoms with E-state index in [-0.39, 0.29) is 5.43 Å². The summed E-state index contributed by atoms with van der Waals surface area (Å²) in [6.45, 7) is 0. The summed E-state index contributed by atoms with van der Waals surface area (Å²) in [5, 5.41) is 2.25. The minimum Gasteiger partial charge on any atom is -0.288 e. The second-order valence-corrected chi connectivity index (χ2v) is 5.34. The van der Waals surface area contributed by atoms with Crippen LogP contribution in [0, 0.1) is 0 Å². The molecule has 4 heteroatoms. The zero-order chi connectivity index (χ0) is 11.8. The van der Waals surface area contributed by atoms with E-state index in [0.717, 1.165) is 25.8 Å². The third-order valence-electron chi connectivity index (χ3n) is 2.67. The van der Waals surface area contributed by atoms with Crippen LogP contribution in [0.3, 0.4) is 0 Å². The fraction of sp³-hybridized carbons (Fsp3) is 0.0769. The molecule has 2 aromatic heterocycles. The number of aromatic nitrogens is 1. The Morgan fingerprint density at radius 2 is 2.12 bits per heavy atom. The summed E-state index contributed by atoms with van der Waals surface area (Å²) in [6, 6.07) is 9.61. The number of halogens is 1. The monoisotopic (exact) mass is 305 g/mol. The second kappa shape index (κ2) is 4.20. The van der Waals surface area contributed by atoms with Crippen LogP contribution in [0.2, 0.25) is 0 Å². The Hall–Kier alpha value is -1.26. The van der Waals surface area contributed by atoms with Crippen LogP contribution in [0.25, 0.3) is 20.3 Å². The number of rotatable bonds is 1. The molecule has 0 aliphatic heterocycles. The fourth-order valence-electron chi connectivity index (χ4n) is 1.82. The molecule has 0 aliphatic carbocycles. The van der Waals surface area contributed by atoms with Crippen LogP contribution in [0.5, 0.6) is 0 Å². The van der Waals surface area contributed by atoms with Gasteiger partial charge in [-0.3, -0.25) is 4.79 Å². The van der Waals surface area contributed by atoms with Gasteiger partial charge in [0.05, 0.1) is 5.39 Å². The Morgan fingerprint density at radius 3 is 2.94 bits per heavy atom. The number of hydrogen-bond acceptors (Lipinski definition) is 3. The van der Waals surface area contributed by atoms with E-state index in [1.165, 1.54) is 0 Å². The third-order valence-corrected chi connectivity index (χ3v) is 4.41. The minimum absolute atomic E-state index is 0.0738. The predicted octanol–water partition coefficient (Wildman–Crippen LogP) is 3.70. The minimum atomic E-state index is 0.0738. The first kappa shape index (κ1) is 10.9. The number of pyridine rings is 1. The lowest BCUT2D eigenvalue weighted by Gasteiger charge is -2.01. The number of hydrogen-bond donors (Lipinski definition) is 0. The SMILES string of the molecule is O=c1c2cc(CBr)ccc2sc2ncccc12. The Kier molecular flexibility index (Phi) is 2.68. The van der Waals surface area contributed by atoms with Crippen LogP contribution >= 0.6 is 27.3 Å². The lowest BCUT2D eigenvalue weighted by molar-refractivity contribution is 1.43. The zero-order valence-electron chi connectivity index (χ0n) is 8.81. The first-order chi connectivity index (χ1) is 8.29. The topological polar surface area (TPSA) is 30.0 Å². The average molecular weight is 306 g/mol. The summed E-state index contributed by atoms with van der Waals surface area (Å²) in [6.07, 6.45) is 1.72. The summed E-state index contributed by atoms with van der Waals surface area (Å²) in [7, 11) is 0. The van der Waals surface area contributed by atoms with Crippen molar-refractivity contribution in [2.45, 2.75) is 5.33 Å². The van der Waals surface area contributed by atoms with Crippen molar-refractivity contribution in [3.63, 3.8) is 0 Å². The maximum Gasteiger partial charge on any atom is 0.197 e. The van der Waals surface area contributed by atoms with Gasteiger partial charge in [-0.05, 0) is 29.8 Å². The molecule has 0 saturated heterocycles. The maximum absolute atomic E-state index is 12.3. The van der Waals surface area contributed by atoms with Gasteiger partial charge in [0.25, 0.3) is 0 Å². The lowest BCUT2D eigenvalue weighted by Crippen LogP contribution is -2.01. The smallest absolute Gasteiger partial charge is 0.197 e. The molecule has 17 heavy (non-hydrogen) atoms. The molecule has 0 radical (unpaired) electrons. The molecule has 0 N–H and O–H groups in total. The number of benzene rings is 1. The molecule has 0 aliphatic rings. The summed E-state index contributed by atoms with van der Waals surface area (Å²) in [5.41, 5.74) is 1.19. The van der Waals surface area contributed by atoms with Gasteiger partial charge in [0.2, 0.25) is 0 Å². The van der Waals surface area contributed by atoms with E-state index < -0.39 is 0 Å². The maximum atomic E-state index is 12.3. The largest absolute Gasteiger partial charge is 0.288 e. The summed E-state index contributed by atoms with van der Waals surface area (Å²) >= 11 is 4.96. The highest BCUT2D eigenvalue weighted by Gasteiger charge is 2.06. The second-order valence-electron chi connectivity index (χ2n) is 3.75. The van der Waals surface area contributed by atoms with Gasteiger partial charge in [0.15, 0.2) is 5.43 Å². The van der Waals surface area contributed by atoms with Crippen molar-refractivity contribution in [1.29, 1.82) is 0 Å². The molecule has 3 rings (SSSR count). The predicted molar refractivity (Wildman–Crippen MR) is 76.0 cm³/mol. The van der Waals surface area contributed by atoms with E-state index in [1.54, 1.807) is 23.6 Å². The van der Waals surface area contributed by atoms with E-state index >= 15 is 0 Å². The van der Waals surface area contributed by atoms with E-state index in [0.29, 0.717) is 5.39 Å². The van der Waals surface area contributed by atoms with E-state index in [2.05, 4.69) is 20.9 Å². The summed E-state index contributed by atoms with van der Waals surface area (Å²) in [4.78, 5) is 17.4. The molecular formula is C13H8BrNOS. The molecule has 0 spiro atoms. The van der Waals surface area contributed by atoms with Crippen molar-refractivity contribution >= 4 is 47.6 Å². The molecule has 3 aromatic rings. The molecule has 0 saturated carbocycles. The summed E-state index contributed by atoms with van der Waals surface area (Å²) < 4.78 is 0.992. The highest BCUT2D eigenvalue weighted by atomic mass is 79.9. The van der Waals surface area contributed by atoms with E-state index in [1.807, 2.05) is 24.3 Å². The van der Waals surface area contributed by atoms with Gasteiger partial charge >= 0.3 is 0 Å². The fourth-order valence-corrected chi connectivity index (χ4v) is 3.16. The van der Waals surface area contributed by atoms with E-state index in [9.17, 15) is 4.79 Å². The van der Waals surface area contributed by atoms with Crippen molar-refractivity contribution in [3.05, 3.63) is 52.3 Å². The molecule has 84 valence electrons. The Labute approximate surface area is 110 Å². The van der Waals surface area contributed by atoms with Crippen molar-refractivity contribution in [3.8, 4) is 0 Å². The van der Waals surface area contributed by atoms with Crippen LogP contribution in [-0.4, -0.2) is 4.98 Å². The van der Waals surface area contributed by atoms with Gasteiger partial charge in [-0.1, -0.05) is 22.0 Å². The quantitative estimate of drug-likeness (QED) is 0.507. The normalized spacial score (nSPS) is 11.1. The molecule has 0 bridgehead atoms. The average Bonchev–Trinajstić information content (AvgIpc) is 2.39. The molecular weight excluding hydrogens is 298 g/mol. The Morgan fingerprint density at radius 1 is 1.24 bits per heavy atom. The van der Waals surface area contributed by atoms with Crippen LogP contribution in [0.4, 0.5) is 0 Å². The molecule has 2 heterocycles. The molecule has 0 unspecified atom stereocenters. The third kappa shape index (κ3) is 1.77.